The second-order valence-corrected chi connectivity index (χ2v) is 10.7. The highest BCUT2D eigenvalue weighted by Crippen LogP contribution is 2.56. The summed E-state index contributed by atoms with van der Waals surface area (Å²) < 4.78 is 6.86. The van der Waals surface area contributed by atoms with Gasteiger partial charge in [-0.25, -0.2) is 0 Å². The van der Waals surface area contributed by atoms with Crippen LogP contribution in [-0.2, 0) is 10.5 Å². The van der Waals surface area contributed by atoms with Gasteiger partial charge in [-0.05, 0) is 95.2 Å². The Hall–Kier alpha value is -2.52. The van der Waals surface area contributed by atoms with E-state index in [-0.39, 0.29) is 6.04 Å². The number of aryl methyl sites for hydroxylation is 3. The largest absolute Gasteiger partial charge is 0.469 e. The number of rotatable bonds is 5. The zero-order valence-electron chi connectivity index (χ0n) is 21.7. The van der Waals surface area contributed by atoms with Crippen LogP contribution in [0.5, 0.6) is 0 Å². The zero-order chi connectivity index (χ0) is 24.2. The summed E-state index contributed by atoms with van der Waals surface area (Å²) in [4.78, 5) is 2.46. The molecule has 3 heteroatoms. The van der Waals surface area contributed by atoms with Crippen molar-refractivity contribution >= 4 is 11.3 Å². The molecule has 0 fully saturated rings. The molecule has 3 nitrogen and oxygen atoms in total. The van der Waals surface area contributed by atoms with E-state index in [1.807, 2.05) is 13.8 Å². The summed E-state index contributed by atoms with van der Waals surface area (Å²) in [6.07, 6.45) is 2.98. The van der Waals surface area contributed by atoms with Crippen molar-refractivity contribution in [2.75, 3.05) is 4.90 Å². The Morgan fingerprint density at radius 1 is 1.06 bits per heavy atom. The maximum atomic E-state index is 10.2. The molecular formula is C30H39NO2. The lowest BCUT2D eigenvalue weighted by Crippen LogP contribution is -2.44. The van der Waals surface area contributed by atoms with Crippen LogP contribution >= 0.6 is 0 Å². The number of hydrogen-bond acceptors (Lipinski definition) is 3. The van der Waals surface area contributed by atoms with Crippen molar-refractivity contribution in [3.63, 3.8) is 0 Å². The molecule has 0 radical (unpaired) electrons. The maximum Gasteiger partial charge on any atom is 0.207 e. The van der Waals surface area contributed by atoms with E-state index in [9.17, 15) is 5.11 Å². The molecular weight excluding hydrogens is 406 g/mol. The van der Waals surface area contributed by atoms with E-state index < -0.39 is 11.8 Å². The number of hydrogen-bond donors (Lipinski definition) is 1. The minimum atomic E-state index is -0.679. The van der Waals surface area contributed by atoms with Gasteiger partial charge in [0.2, 0.25) is 5.72 Å². The normalized spacial score (nSPS) is 22.9. The van der Waals surface area contributed by atoms with Crippen molar-refractivity contribution in [2.24, 2.45) is 5.92 Å². The highest BCUT2D eigenvalue weighted by atomic mass is 16.5. The summed E-state index contributed by atoms with van der Waals surface area (Å²) in [6, 6.07) is 11.5. The van der Waals surface area contributed by atoms with E-state index in [1.54, 1.807) is 6.92 Å². The van der Waals surface area contributed by atoms with Gasteiger partial charge >= 0.3 is 0 Å². The van der Waals surface area contributed by atoms with Gasteiger partial charge in [0.25, 0.3) is 0 Å². The van der Waals surface area contributed by atoms with Gasteiger partial charge in [-0.15, -0.1) is 0 Å². The lowest BCUT2D eigenvalue weighted by atomic mass is 9.87. The standard InChI is InChI=1S/C30H39NO2/c1-17(2)12-24-16-28-26-15-19(4)13-20(5)29(26)30(9,33-23(8)21(6)22(7)32)31(28)27-11-10-18(3)14-25(24)27/h10-11,13-17,22,28,32H,12H2,1-9H3/b23-21-. The van der Waals surface area contributed by atoms with Crippen LogP contribution in [0.3, 0.4) is 0 Å². The van der Waals surface area contributed by atoms with E-state index in [1.165, 1.54) is 44.6 Å². The predicted octanol–water partition coefficient (Wildman–Crippen LogP) is 7.48. The molecule has 2 aromatic rings. The molecule has 0 saturated heterocycles. The molecule has 3 atom stereocenters. The molecule has 2 aromatic carbocycles. The average molecular weight is 446 g/mol. The lowest BCUT2D eigenvalue weighted by molar-refractivity contribution is 0.0123. The highest BCUT2D eigenvalue weighted by Gasteiger charge is 2.52. The first-order chi connectivity index (χ1) is 15.4. The Kier molecular flexibility index (Phi) is 5.99. The van der Waals surface area contributed by atoms with Crippen LogP contribution in [0.1, 0.15) is 87.4 Å². The molecule has 0 amide bonds. The molecule has 176 valence electrons. The van der Waals surface area contributed by atoms with Gasteiger partial charge in [0.05, 0.1) is 17.9 Å². The van der Waals surface area contributed by atoms with Gasteiger partial charge in [0.15, 0.2) is 0 Å². The van der Waals surface area contributed by atoms with E-state index in [0.29, 0.717) is 5.92 Å². The van der Waals surface area contributed by atoms with E-state index >= 15 is 0 Å². The number of anilines is 1. The molecule has 2 aliphatic rings. The number of allylic oxidation sites excluding steroid dienone is 2. The fourth-order valence-corrected chi connectivity index (χ4v) is 5.72. The quantitative estimate of drug-likeness (QED) is 0.484. The highest BCUT2D eigenvalue weighted by molar-refractivity contribution is 5.84. The Morgan fingerprint density at radius 2 is 1.76 bits per heavy atom. The summed E-state index contributed by atoms with van der Waals surface area (Å²) in [5, 5.41) is 10.2. The Labute approximate surface area is 199 Å². The number of aliphatic hydroxyl groups excluding tert-OH is 1. The second kappa shape index (κ2) is 8.36. The van der Waals surface area contributed by atoms with E-state index in [2.05, 4.69) is 82.9 Å². The van der Waals surface area contributed by atoms with Crippen molar-refractivity contribution in [3.8, 4) is 0 Å². The third kappa shape index (κ3) is 3.91. The van der Waals surface area contributed by atoms with Crippen molar-refractivity contribution in [3.05, 3.63) is 81.1 Å². The first-order valence-corrected chi connectivity index (χ1v) is 12.2. The van der Waals surface area contributed by atoms with Crippen molar-refractivity contribution < 1.29 is 9.84 Å². The molecule has 3 unspecified atom stereocenters. The second-order valence-electron chi connectivity index (χ2n) is 10.7. The number of benzene rings is 2. The van der Waals surface area contributed by atoms with Crippen molar-refractivity contribution in [2.45, 2.75) is 86.6 Å². The van der Waals surface area contributed by atoms with Gasteiger partial charge in [0, 0.05) is 16.8 Å². The zero-order valence-corrected chi connectivity index (χ0v) is 21.7. The van der Waals surface area contributed by atoms with Crippen molar-refractivity contribution in [1.82, 2.24) is 0 Å². The number of nitrogens with zero attached hydrogens (tertiary/aromatic N) is 1. The van der Waals surface area contributed by atoms with Gasteiger partial charge in [-0.2, -0.15) is 0 Å². The predicted molar refractivity (Wildman–Crippen MR) is 138 cm³/mol. The lowest BCUT2D eigenvalue weighted by Gasteiger charge is -2.44. The van der Waals surface area contributed by atoms with Crippen LogP contribution < -0.4 is 4.90 Å². The van der Waals surface area contributed by atoms with Crippen LogP contribution in [0.4, 0.5) is 5.69 Å². The van der Waals surface area contributed by atoms with Crippen molar-refractivity contribution in [1.29, 1.82) is 0 Å². The topological polar surface area (TPSA) is 32.7 Å². The van der Waals surface area contributed by atoms with E-state index in [0.717, 1.165) is 17.8 Å². The third-order valence-corrected chi connectivity index (χ3v) is 7.31. The summed E-state index contributed by atoms with van der Waals surface area (Å²) >= 11 is 0. The van der Waals surface area contributed by atoms with Crippen LogP contribution in [0.25, 0.3) is 5.57 Å². The fourth-order valence-electron chi connectivity index (χ4n) is 5.72. The molecule has 0 aromatic heterocycles. The molecule has 4 rings (SSSR count). The number of fused-ring (bicyclic) bond motifs is 5. The Bertz CT molecular complexity index is 1150. The summed E-state index contributed by atoms with van der Waals surface area (Å²) in [6.45, 7) is 19.0. The maximum absolute atomic E-state index is 10.2. The molecule has 2 aliphatic heterocycles. The summed E-state index contributed by atoms with van der Waals surface area (Å²) in [5.41, 5.74) is 10.5. The summed E-state index contributed by atoms with van der Waals surface area (Å²) in [7, 11) is 0. The van der Waals surface area contributed by atoms with Crippen LogP contribution in [0.15, 0.2) is 47.7 Å². The monoisotopic (exact) mass is 445 g/mol. The van der Waals surface area contributed by atoms with Gasteiger partial charge in [-0.3, -0.25) is 0 Å². The molecule has 1 N–H and O–H groups in total. The third-order valence-electron chi connectivity index (χ3n) is 7.31. The molecule has 2 heterocycles. The van der Waals surface area contributed by atoms with E-state index in [4.69, 9.17) is 4.74 Å². The molecule has 0 saturated carbocycles. The Balaban J connectivity index is 2.00. The Morgan fingerprint density at radius 3 is 2.39 bits per heavy atom. The fraction of sp³-hybridized carbons (Fsp3) is 0.467. The first-order valence-electron chi connectivity index (χ1n) is 12.2. The van der Waals surface area contributed by atoms with Gasteiger partial charge < -0.3 is 14.7 Å². The van der Waals surface area contributed by atoms with Gasteiger partial charge in [0.1, 0.15) is 0 Å². The number of ether oxygens (including phenoxy) is 1. The molecule has 33 heavy (non-hydrogen) atoms. The van der Waals surface area contributed by atoms with Crippen LogP contribution in [0.2, 0.25) is 0 Å². The average Bonchev–Trinajstić information content (AvgIpc) is 2.95. The van der Waals surface area contributed by atoms with Crippen LogP contribution in [0, 0.1) is 26.7 Å². The summed E-state index contributed by atoms with van der Waals surface area (Å²) in [5.74, 6) is 1.36. The first kappa shape index (κ1) is 23.6. The molecule has 0 aliphatic carbocycles. The number of aliphatic hydroxyl groups is 1. The van der Waals surface area contributed by atoms with Crippen LogP contribution in [-0.4, -0.2) is 11.2 Å². The molecule has 0 bridgehead atoms. The smallest absolute Gasteiger partial charge is 0.207 e. The SMILES string of the molecule is C/C(OC1(C)c2c(C)cc(C)cc2C2C=C(CC(C)C)c3cc(C)ccc3N21)=C(\C)C(C)O. The molecule has 0 spiro atoms. The van der Waals surface area contributed by atoms with Gasteiger partial charge in [-0.1, -0.05) is 49.2 Å². The minimum absolute atomic E-state index is 0.118. The minimum Gasteiger partial charge on any atom is -0.469 e.